The zero-order valence-electron chi connectivity index (χ0n) is 14.1. The molecular weight excluding hydrogens is 316 g/mol. The molecule has 6 heteroatoms. The lowest BCUT2D eigenvalue weighted by atomic mass is 10.2. The smallest absolute Gasteiger partial charge is 0.131 e. The van der Waals surface area contributed by atoms with Crippen LogP contribution in [0.4, 0.5) is 0 Å². The summed E-state index contributed by atoms with van der Waals surface area (Å²) in [6, 6.07) is 2.19. The molecule has 0 unspecified atom stereocenters. The summed E-state index contributed by atoms with van der Waals surface area (Å²) in [4.78, 5) is 6.09. The van der Waals surface area contributed by atoms with Crippen LogP contribution >= 0.6 is 22.9 Å². The maximum Gasteiger partial charge on any atom is 0.131 e. The van der Waals surface area contributed by atoms with Gasteiger partial charge in [0.05, 0.1) is 5.69 Å². The van der Waals surface area contributed by atoms with Crippen molar-refractivity contribution >= 4 is 22.9 Å². The molecule has 2 heterocycles. The van der Waals surface area contributed by atoms with E-state index in [4.69, 9.17) is 11.6 Å². The number of rotatable bonds is 7. The molecule has 0 spiro atoms. The molecule has 0 saturated carbocycles. The van der Waals surface area contributed by atoms with Crippen LogP contribution in [0.25, 0.3) is 0 Å². The fourth-order valence-electron chi connectivity index (χ4n) is 2.40. The average molecular weight is 341 g/mol. The van der Waals surface area contributed by atoms with Crippen molar-refractivity contribution in [1.82, 2.24) is 19.6 Å². The van der Waals surface area contributed by atoms with Gasteiger partial charge in [-0.05, 0) is 45.0 Å². The Morgan fingerprint density at radius 1 is 1.23 bits per heavy atom. The molecule has 0 saturated heterocycles. The van der Waals surface area contributed by atoms with E-state index in [0.717, 1.165) is 42.6 Å². The molecule has 0 aliphatic carbocycles. The summed E-state index contributed by atoms with van der Waals surface area (Å²) in [5, 5.41) is 7.33. The normalized spacial score (nSPS) is 11.8. The third-order valence-corrected chi connectivity index (χ3v) is 5.33. The first-order chi connectivity index (χ1) is 10.4. The van der Waals surface area contributed by atoms with Gasteiger partial charge in [-0.1, -0.05) is 11.6 Å². The second-order valence-corrected chi connectivity index (χ2v) is 7.38. The lowest BCUT2D eigenvalue weighted by Crippen LogP contribution is -2.31. The molecular formula is C16H25ClN4S. The van der Waals surface area contributed by atoms with Gasteiger partial charge in [0, 0.05) is 43.7 Å². The Labute approximate surface area is 142 Å². The minimum atomic E-state index is 0.746. The molecule has 22 heavy (non-hydrogen) atoms. The monoisotopic (exact) mass is 340 g/mol. The second-order valence-electron chi connectivity index (χ2n) is 6.02. The Hall–Kier alpha value is -0.880. The van der Waals surface area contributed by atoms with Crippen LogP contribution in [0.5, 0.6) is 0 Å². The maximum absolute atomic E-state index is 6.40. The quantitative estimate of drug-likeness (QED) is 0.772. The van der Waals surface area contributed by atoms with E-state index >= 15 is 0 Å². The third-order valence-electron chi connectivity index (χ3n) is 3.85. The minimum Gasteiger partial charge on any atom is -0.308 e. The number of nitrogens with zero attached hydrogens (tertiary/aromatic N) is 4. The van der Waals surface area contributed by atoms with Crippen molar-refractivity contribution in [2.75, 3.05) is 27.2 Å². The molecule has 0 aliphatic heterocycles. The van der Waals surface area contributed by atoms with E-state index in [1.54, 1.807) is 4.68 Å². The average Bonchev–Trinajstić information content (AvgIpc) is 2.95. The largest absolute Gasteiger partial charge is 0.308 e. The number of aromatic nitrogens is 2. The van der Waals surface area contributed by atoms with Crippen LogP contribution in [-0.2, 0) is 20.1 Å². The summed E-state index contributed by atoms with van der Waals surface area (Å²) in [5.41, 5.74) is 3.52. The third kappa shape index (κ3) is 4.32. The minimum absolute atomic E-state index is 0.746. The summed E-state index contributed by atoms with van der Waals surface area (Å²) >= 11 is 8.23. The van der Waals surface area contributed by atoms with Gasteiger partial charge in [0.15, 0.2) is 0 Å². The predicted molar refractivity (Wildman–Crippen MR) is 94.7 cm³/mol. The van der Waals surface area contributed by atoms with E-state index < -0.39 is 0 Å². The van der Waals surface area contributed by atoms with Gasteiger partial charge < -0.3 is 4.90 Å². The molecule has 2 rings (SSSR count). The number of thiophene rings is 1. The molecule has 0 radical (unpaired) electrons. The van der Waals surface area contributed by atoms with E-state index in [0.29, 0.717) is 0 Å². The number of likely N-dealkylation sites (N-methyl/N-ethyl adjacent to an activating group) is 1. The predicted octanol–water partition coefficient (Wildman–Crippen LogP) is 3.32. The molecule has 0 bridgehead atoms. The molecule has 2 aromatic rings. The Kier molecular flexibility index (Phi) is 6.03. The second kappa shape index (κ2) is 7.59. The lowest BCUT2D eigenvalue weighted by Gasteiger charge is -2.24. The number of halogens is 1. The van der Waals surface area contributed by atoms with Crippen molar-refractivity contribution in [2.45, 2.75) is 26.9 Å². The van der Waals surface area contributed by atoms with Gasteiger partial charge in [-0.3, -0.25) is 9.58 Å². The van der Waals surface area contributed by atoms with Gasteiger partial charge >= 0.3 is 0 Å². The molecule has 0 N–H and O–H groups in total. The van der Waals surface area contributed by atoms with Crippen LogP contribution in [0.1, 0.15) is 21.7 Å². The highest BCUT2D eigenvalue weighted by Gasteiger charge is 2.16. The molecule has 0 aromatic carbocycles. The first-order valence-corrected chi connectivity index (χ1v) is 8.72. The summed E-state index contributed by atoms with van der Waals surface area (Å²) in [5.74, 6) is 0. The van der Waals surface area contributed by atoms with Gasteiger partial charge in [-0.15, -0.1) is 11.3 Å². The van der Waals surface area contributed by atoms with Gasteiger partial charge in [0.1, 0.15) is 5.15 Å². The SMILES string of the molecule is Cc1ccsc1CN(CCN(C)C)Cc1c(C)nn(C)c1Cl. The first-order valence-electron chi connectivity index (χ1n) is 7.46. The van der Waals surface area contributed by atoms with E-state index in [2.05, 4.69) is 47.4 Å². The highest BCUT2D eigenvalue weighted by molar-refractivity contribution is 7.10. The van der Waals surface area contributed by atoms with Crippen LogP contribution in [0.3, 0.4) is 0 Å². The summed E-state index contributed by atoms with van der Waals surface area (Å²) < 4.78 is 1.76. The van der Waals surface area contributed by atoms with E-state index in [1.807, 2.05) is 25.3 Å². The van der Waals surface area contributed by atoms with Gasteiger partial charge in [-0.2, -0.15) is 5.10 Å². The van der Waals surface area contributed by atoms with Crippen LogP contribution in [-0.4, -0.2) is 46.8 Å². The van der Waals surface area contributed by atoms with Gasteiger partial charge in [0.2, 0.25) is 0 Å². The molecule has 122 valence electrons. The standard InChI is InChI=1S/C16H25ClN4S/c1-12-6-9-22-15(12)11-21(8-7-19(3)4)10-14-13(2)18-20(5)16(14)17/h6,9H,7-8,10-11H2,1-5H3. The first kappa shape index (κ1) is 17.5. The van der Waals surface area contributed by atoms with Gasteiger partial charge in [0.25, 0.3) is 0 Å². The summed E-state index contributed by atoms with van der Waals surface area (Å²) in [6.07, 6.45) is 0. The van der Waals surface area contributed by atoms with Crippen molar-refractivity contribution in [3.63, 3.8) is 0 Å². The zero-order chi connectivity index (χ0) is 16.3. The lowest BCUT2D eigenvalue weighted by molar-refractivity contribution is 0.227. The fraction of sp³-hybridized carbons (Fsp3) is 0.562. The van der Waals surface area contributed by atoms with Crippen LogP contribution in [0.2, 0.25) is 5.15 Å². The molecule has 0 amide bonds. The van der Waals surface area contributed by atoms with Crippen LogP contribution in [0, 0.1) is 13.8 Å². The Morgan fingerprint density at radius 3 is 2.45 bits per heavy atom. The summed E-state index contributed by atoms with van der Waals surface area (Å²) in [6.45, 7) is 8.04. The fourth-order valence-corrected chi connectivity index (χ4v) is 3.58. The maximum atomic E-state index is 6.40. The highest BCUT2D eigenvalue weighted by atomic mass is 35.5. The van der Waals surface area contributed by atoms with E-state index in [-0.39, 0.29) is 0 Å². The molecule has 0 aliphatic rings. The molecule has 4 nitrogen and oxygen atoms in total. The molecule has 0 fully saturated rings. The Bertz CT molecular complexity index is 618. The van der Waals surface area contributed by atoms with Crippen LogP contribution < -0.4 is 0 Å². The Morgan fingerprint density at radius 2 is 1.95 bits per heavy atom. The molecule has 0 atom stereocenters. The topological polar surface area (TPSA) is 24.3 Å². The van der Waals surface area contributed by atoms with E-state index in [9.17, 15) is 0 Å². The van der Waals surface area contributed by atoms with Crippen molar-refractivity contribution in [1.29, 1.82) is 0 Å². The zero-order valence-corrected chi connectivity index (χ0v) is 15.6. The Balaban J connectivity index is 2.15. The van der Waals surface area contributed by atoms with Crippen molar-refractivity contribution in [3.8, 4) is 0 Å². The van der Waals surface area contributed by atoms with E-state index in [1.165, 1.54) is 10.4 Å². The van der Waals surface area contributed by atoms with Crippen molar-refractivity contribution in [2.24, 2.45) is 7.05 Å². The number of hydrogen-bond acceptors (Lipinski definition) is 4. The van der Waals surface area contributed by atoms with Gasteiger partial charge in [-0.25, -0.2) is 0 Å². The van der Waals surface area contributed by atoms with Crippen molar-refractivity contribution < 1.29 is 0 Å². The number of aryl methyl sites for hydroxylation is 3. The van der Waals surface area contributed by atoms with Crippen LogP contribution in [0.15, 0.2) is 11.4 Å². The highest BCUT2D eigenvalue weighted by Crippen LogP contribution is 2.23. The number of hydrogen-bond donors (Lipinski definition) is 0. The summed E-state index contributed by atoms with van der Waals surface area (Å²) in [7, 11) is 6.11. The van der Waals surface area contributed by atoms with Crippen molar-refractivity contribution in [3.05, 3.63) is 38.3 Å². The molecule has 2 aromatic heterocycles.